The molecule has 15 heavy (non-hydrogen) atoms. The number of rotatable bonds is 4. The lowest BCUT2D eigenvalue weighted by molar-refractivity contribution is 0.497. The molecule has 2 aliphatic rings. The Labute approximate surface area is 103 Å². The van der Waals surface area contributed by atoms with Crippen LogP contribution in [0.2, 0.25) is 0 Å². The van der Waals surface area contributed by atoms with Gasteiger partial charge in [-0.3, -0.25) is 0 Å². The van der Waals surface area contributed by atoms with Crippen LogP contribution in [0, 0.1) is 0 Å². The second-order valence-corrected chi connectivity index (χ2v) is 7.04. The molecule has 0 aromatic carbocycles. The Bertz CT molecular complexity index is 145. The van der Waals surface area contributed by atoms with Crippen molar-refractivity contribution in [1.82, 2.24) is 0 Å². The zero-order valence-corrected chi connectivity index (χ0v) is 11.1. The lowest BCUT2D eigenvalue weighted by atomic mass is 10.0. The molecule has 0 unspecified atom stereocenters. The van der Waals surface area contributed by atoms with Crippen molar-refractivity contribution in [2.45, 2.75) is 74.7 Å². The first-order valence-electron chi connectivity index (χ1n) is 6.44. The maximum absolute atomic E-state index is 5.75. The Balaban J connectivity index is 1.53. The van der Waals surface area contributed by atoms with E-state index in [1.807, 2.05) is 0 Å². The summed E-state index contributed by atoms with van der Waals surface area (Å²) in [7, 11) is 0. The van der Waals surface area contributed by atoms with E-state index in [0.29, 0.717) is 0 Å². The van der Waals surface area contributed by atoms with Gasteiger partial charge < -0.3 is 0 Å². The van der Waals surface area contributed by atoms with Crippen molar-refractivity contribution >= 4 is 24.1 Å². The standard InChI is InChI=1S/C12H22OS2/c1-3-7-11(8-4-1)14-13-15-12-9-5-2-6-10-12/h11-12H,1-10H2. The summed E-state index contributed by atoms with van der Waals surface area (Å²) in [4.78, 5) is 0. The highest BCUT2D eigenvalue weighted by Gasteiger charge is 2.18. The third-order valence-electron chi connectivity index (χ3n) is 3.46. The summed E-state index contributed by atoms with van der Waals surface area (Å²) in [6, 6.07) is 0. The molecule has 0 aromatic rings. The quantitative estimate of drug-likeness (QED) is 0.648. The molecular formula is C12H22OS2. The van der Waals surface area contributed by atoms with Gasteiger partial charge in [0.05, 0.1) is 0 Å². The van der Waals surface area contributed by atoms with E-state index >= 15 is 0 Å². The topological polar surface area (TPSA) is 9.23 Å². The van der Waals surface area contributed by atoms with Gasteiger partial charge in [-0.25, -0.2) is 3.63 Å². The Morgan fingerprint density at radius 1 is 0.600 bits per heavy atom. The largest absolute Gasteiger partial charge is 0.247 e. The maximum Gasteiger partial charge on any atom is 0.0324 e. The lowest BCUT2D eigenvalue weighted by Crippen LogP contribution is -2.10. The van der Waals surface area contributed by atoms with Crippen molar-refractivity contribution in [2.75, 3.05) is 0 Å². The average Bonchev–Trinajstić information content (AvgIpc) is 2.32. The van der Waals surface area contributed by atoms with Gasteiger partial charge >= 0.3 is 0 Å². The van der Waals surface area contributed by atoms with Crippen molar-refractivity contribution in [1.29, 1.82) is 0 Å². The molecule has 0 atom stereocenters. The highest BCUT2D eigenvalue weighted by molar-refractivity contribution is 8.08. The second kappa shape index (κ2) is 7.08. The summed E-state index contributed by atoms with van der Waals surface area (Å²) in [5.41, 5.74) is 0. The van der Waals surface area contributed by atoms with E-state index in [0.717, 1.165) is 10.5 Å². The Hall–Kier alpha value is 0.660. The van der Waals surface area contributed by atoms with Gasteiger partial charge in [0.25, 0.3) is 0 Å². The summed E-state index contributed by atoms with van der Waals surface area (Å²) in [6.07, 6.45) is 14.0. The summed E-state index contributed by atoms with van der Waals surface area (Å²) in [5.74, 6) is 0. The van der Waals surface area contributed by atoms with Crippen LogP contribution >= 0.6 is 24.1 Å². The van der Waals surface area contributed by atoms with Crippen molar-refractivity contribution in [2.24, 2.45) is 0 Å². The van der Waals surface area contributed by atoms with Crippen LogP contribution in [-0.4, -0.2) is 10.5 Å². The smallest absolute Gasteiger partial charge is 0.0324 e. The van der Waals surface area contributed by atoms with Crippen LogP contribution in [0.5, 0.6) is 0 Å². The van der Waals surface area contributed by atoms with Gasteiger partial charge in [-0.15, -0.1) is 0 Å². The minimum absolute atomic E-state index is 0.787. The van der Waals surface area contributed by atoms with E-state index in [1.54, 1.807) is 24.1 Å². The molecule has 0 radical (unpaired) electrons. The predicted octanol–water partition coefficient (Wildman–Crippen LogP) is 4.96. The van der Waals surface area contributed by atoms with Gasteiger partial charge in [0, 0.05) is 34.6 Å². The molecule has 0 heterocycles. The fraction of sp³-hybridized carbons (Fsp3) is 1.00. The lowest BCUT2D eigenvalue weighted by Gasteiger charge is -2.22. The molecule has 2 saturated carbocycles. The molecule has 88 valence electrons. The van der Waals surface area contributed by atoms with Gasteiger partial charge in [-0.05, 0) is 25.7 Å². The Morgan fingerprint density at radius 3 is 1.40 bits per heavy atom. The van der Waals surface area contributed by atoms with Crippen LogP contribution in [0.3, 0.4) is 0 Å². The number of hydrogen-bond donors (Lipinski definition) is 0. The molecule has 3 heteroatoms. The van der Waals surface area contributed by atoms with Crippen LogP contribution in [0.4, 0.5) is 0 Å². The second-order valence-electron chi connectivity index (χ2n) is 4.78. The average molecular weight is 246 g/mol. The first kappa shape index (κ1) is 12.1. The highest BCUT2D eigenvalue weighted by atomic mass is 32.2. The van der Waals surface area contributed by atoms with Crippen LogP contribution in [0.25, 0.3) is 0 Å². The Morgan fingerprint density at radius 2 is 1.00 bits per heavy atom. The van der Waals surface area contributed by atoms with E-state index in [-0.39, 0.29) is 0 Å². The summed E-state index contributed by atoms with van der Waals surface area (Å²) in [6.45, 7) is 0. The van der Waals surface area contributed by atoms with E-state index in [9.17, 15) is 0 Å². The molecule has 0 spiro atoms. The summed E-state index contributed by atoms with van der Waals surface area (Å²) < 4.78 is 5.75. The van der Waals surface area contributed by atoms with Gasteiger partial charge in [-0.2, -0.15) is 0 Å². The van der Waals surface area contributed by atoms with Crippen LogP contribution in [-0.2, 0) is 3.63 Å². The van der Waals surface area contributed by atoms with Crippen LogP contribution in [0.15, 0.2) is 0 Å². The van der Waals surface area contributed by atoms with Gasteiger partial charge in [-0.1, -0.05) is 38.5 Å². The molecule has 2 aliphatic carbocycles. The van der Waals surface area contributed by atoms with Gasteiger partial charge in [0.1, 0.15) is 0 Å². The first-order chi connectivity index (χ1) is 7.45. The van der Waals surface area contributed by atoms with Gasteiger partial charge in [0.2, 0.25) is 0 Å². The normalized spacial score (nSPS) is 25.6. The molecule has 0 bridgehead atoms. The zero-order chi connectivity index (χ0) is 10.3. The molecule has 2 fully saturated rings. The van der Waals surface area contributed by atoms with E-state index < -0.39 is 0 Å². The van der Waals surface area contributed by atoms with E-state index in [4.69, 9.17) is 3.63 Å². The molecule has 0 amide bonds. The molecule has 1 nitrogen and oxygen atoms in total. The van der Waals surface area contributed by atoms with E-state index in [1.165, 1.54) is 64.2 Å². The fourth-order valence-electron chi connectivity index (χ4n) is 2.46. The van der Waals surface area contributed by atoms with Crippen molar-refractivity contribution in [3.63, 3.8) is 0 Å². The van der Waals surface area contributed by atoms with Crippen LogP contribution in [0.1, 0.15) is 64.2 Å². The minimum Gasteiger partial charge on any atom is -0.247 e. The van der Waals surface area contributed by atoms with Crippen molar-refractivity contribution in [3.8, 4) is 0 Å². The van der Waals surface area contributed by atoms with E-state index in [2.05, 4.69) is 0 Å². The van der Waals surface area contributed by atoms with Crippen LogP contribution < -0.4 is 0 Å². The fourth-order valence-corrected chi connectivity index (χ4v) is 4.58. The van der Waals surface area contributed by atoms with Crippen molar-refractivity contribution < 1.29 is 3.63 Å². The molecule has 0 N–H and O–H groups in total. The first-order valence-corrected chi connectivity index (χ1v) is 8.05. The highest BCUT2D eigenvalue weighted by Crippen LogP contribution is 2.36. The molecule has 0 aromatic heterocycles. The molecular weight excluding hydrogens is 224 g/mol. The predicted molar refractivity (Wildman–Crippen MR) is 70.0 cm³/mol. The number of hydrogen-bond acceptors (Lipinski definition) is 3. The SMILES string of the molecule is C1CCC(SOSC2CCCCC2)CC1. The van der Waals surface area contributed by atoms with Gasteiger partial charge in [0.15, 0.2) is 0 Å². The monoisotopic (exact) mass is 246 g/mol. The third kappa shape index (κ3) is 4.58. The minimum atomic E-state index is 0.787. The molecule has 0 aliphatic heterocycles. The summed E-state index contributed by atoms with van der Waals surface area (Å²) >= 11 is 3.51. The third-order valence-corrected chi connectivity index (χ3v) is 5.57. The zero-order valence-electron chi connectivity index (χ0n) is 9.45. The van der Waals surface area contributed by atoms with Crippen molar-refractivity contribution in [3.05, 3.63) is 0 Å². The molecule has 2 rings (SSSR count). The Kier molecular flexibility index (Phi) is 5.72. The molecule has 0 saturated heterocycles. The summed E-state index contributed by atoms with van der Waals surface area (Å²) in [5, 5.41) is 1.57. The maximum atomic E-state index is 5.75.